The smallest absolute Gasteiger partial charge is 0.218 e. The largest absolute Gasteiger partial charge is 0.240 e. The van der Waals surface area contributed by atoms with E-state index in [0.717, 1.165) is 0 Å². The van der Waals surface area contributed by atoms with Crippen molar-refractivity contribution in [2.75, 3.05) is 0 Å². The minimum atomic E-state index is -1.50. The van der Waals surface area contributed by atoms with Gasteiger partial charge in [-0.3, -0.25) is 0 Å². The van der Waals surface area contributed by atoms with Gasteiger partial charge in [0.25, 0.3) is 0 Å². The third-order valence-corrected chi connectivity index (χ3v) is 0.302. The molecular formula is C2HBrFN. The molecule has 0 amide bonds. The van der Waals surface area contributed by atoms with Crippen molar-refractivity contribution >= 4 is 15.9 Å². The fourth-order valence-electron chi connectivity index (χ4n) is 0. The average Bonchev–Trinajstić information content (AvgIpc) is 1.38. The van der Waals surface area contributed by atoms with Gasteiger partial charge in [-0.2, -0.15) is 5.26 Å². The first-order valence-corrected chi connectivity index (χ1v) is 1.86. The van der Waals surface area contributed by atoms with Gasteiger partial charge >= 0.3 is 0 Å². The number of rotatable bonds is 0. The van der Waals surface area contributed by atoms with Gasteiger partial charge in [-0.1, -0.05) is 0 Å². The second-order valence-corrected chi connectivity index (χ2v) is 1.23. The Morgan fingerprint density at radius 1 is 2.00 bits per heavy atom. The van der Waals surface area contributed by atoms with Crippen LogP contribution in [0.25, 0.3) is 0 Å². The molecule has 0 aromatic rings. The molecule has 0 saturated carbocycles. The van der Waals surface area contributed by atoms with E-state index >= 15 is 0 Å². The molecule has 0 aromatic carbocycles. The predicted molar refractivity (Wildman–Crippen MR) is 19.4 cm³/mol. The summed E-state index contributed by atoms with van der Waals surface area (Å²) in [7, 11) is 0. The zero-order chi connectivity index (χ0) is 4.28. The Labute approximate surface area is 37.5 Å². The third kappa shape index (κ3) is 3.90. The lowest BCUT2D eigenvalue weighted by molar-refractivity contribution is 0.537. The highest BCUT2D eigenvalue weighted by Crippen LogP contribution is 1.94. The van der Waals surface area contributed by atoms with E-state index < -0.39 is 5.08 Å². The Kier molecular flexibility index (Phi) is 2.11. The van der Waals surface area contributed by atoms with Crippen molar-refractivity contribution in [3.63, 3.8) is 0 Å². The van der Waals surface area contributed by atoms with Crippen LogP contribution in [-0.2, 0) is 0 Å². The van der Waals surface area contributed by atoms with E-state index in [9.17, 15) is 4.39 Å². The monoisotopic (exact) mass is 137 g/mol. The van der Waals surface area contributed by atoms with E-state index in [4.69, 9.17) is 5.26 Å². The first-order chi connectivity index (χ1) is 2.27. The molecule has 0 spiro atoms. The maximum atomic E-state index is 11.0. The molecule has 28 valence electrons. The standard InChI is InChI=1S/C2HBrFN/c3-2(4)1-5/h2H/t2-/m1/s1. The molecule has 1 atom stereocenters. The van der Waals surface area contributed by atoms with Crippen LogP contribution < -0.4 is 0 Å². The van der Waals surface area contributed by atoms with E-state index in [1.165, 1.54) is 6.07 Å². The summed E-state index contributed by atoms with van der Waals surface area (Å²) in [6, 6.07) is 1.28. The molecule has 0 saturated heterocycles. The van der Waals surface area contributed by atoms with Gasteiger partial charge in [0.2, 0.25) is 5.08 Å². The molecule has 0 N–H and O–H groups in total. The molecule has 0 unspecified atom stereocenters. The van der Waals surface area contributed by atoms with Crippen LogP contribution in [-0.4, -0.2) is 5.08 Å². The number of alkyl halides is 2. The molecule has 0 aliphatic carbocycles. The van der Waals surface area contributed by atoms with Crippen molar-refractivity contribution in [3.8, 4) is 6.07 Å². The summed E-state index contributed by atoms with van der Waals surface area (Å²) in [5, 5.41) is 5.97. The average molecular weight is 138 g/mol. The lowest BCUT2D eigenvalue weighted by Gasteiger charge is -1.68. The van der Waals surface area contributed by atoms with Crippen LogP contribution in [0.5, 0.6) is 0 Å². The first kappa shape index (κ1) is 4.90. The summed E-state index contributed by atoms with van der Waals surface area (Å²) in [6.45, 7) is 0. The van der Waals surface area contributed by atoms with Gasteiger partial charge in [-0.05, 0) is 15.9 Å². The van der Waals surface area contributed by atoms with Gasteiger partial charge < -0.3 is 0 Å². The summed E-state index contributed by atoms with van der Waals surface area (Å²) in [5.74, 6) is 0. The van der Waals surface area contributed by atoms with E-state index in [2.05, 4.69) is 15.9 Å². The fraction of sp³-hybridized carbons (Fsp3) is 0.500. The van der Waals surface area contributed by atoms with Crippen LogP contribution >= 0.6 is 15.9 Å². The Hall–Kier alpha value is -0.100. The van der Waals surface area contributed by atoms with E-state index in [-0.39, 0.29) is 0 Å². The minimum Gasteiger partial charge on any atom is -0.218 e. The number of halogens is 2. The Morgan fingerprint density at radius 3 is 2.20 bits per heavy atom. The Morgan fingerprint density at radius 2 is 2.20 bits per heavy atom. The first-order valence-electron chi connectivity index (χ1n) is 0.949. The van der Waals surface area contributed by atoms with Crippen LogP contribution in [0.15, 0.2) is 0 Å². The van der Waals surface area contributed by atoms with Crippen molar-refractivity contribution < 1.29 is 4.39 Å². The summed E-state index contributed by atoms with van der Waals surface area (Å²) in [5.41, 5.74) is 0. The van der Waals surface area contributed by atoms with Crippen molar-refractivity contribution in [3.05, 3.63) is 0 Å². The summed E-state index contributed by atoms with van der Waals surface area (Å²) < 4.78 is 11.0. The van der Waals surface area contributed by atoms with Crippen molar-refractivity contribution in [2.45, 2.75) is 5.08 Å². The molecule has 0 heterocycles. The maximum absolute atomic E-state index is 11.0. The molecule has 0 aromatic heterocycles. The molecular weight excluding hydrogens is 137 g/mol. The topological polar surface area (TPSA) is 23.8 Å². The van der Waals surface area contributed by atoms with Gasteiger partial charge in [-0.25, -0.2) is 4.39 Å². The second kappa shape index (κ2) is 2.16. The highest BCUT2D eigenvalue weighted by molar-refractivity contribution is 9.09. The third-order valence-electron chi connectivity index (χ3n) is 0.0976. The van der Waals surface area contributed by atoms with E-state index in [0.29, 0.717) is 0 Å². The Balaban J connectivity index is 2.94. The zero-order valence-electron chi connectivity index (χ0n) is 2.28. The van der Waals surface area contributed by atoms with E-state index in [1.54, 1.807) is 0 Å². The normalized spacial score (nSPS) is 13.0. The number of hydrogen-bond acceptors (Lipinski definition) is 1. The van der Waals surface area contributed by atoms with Crippen LogP contribution in [0.2, 0.25) is 0 Å². The molecule has 0 radical (unpaired) electrons. The lowest BCUT2D eigenvalue weighted by Crippen LogP contribution is -1.72. The molecule has 0 aliphatic rings. The summed E-state index contributed by atoms with van der Waals surface area (Å²) >= 11 is 2.35. The second-order valence-electron chi connectivity index (χ2n) is 0.430. The van der Waals surface area contributed by atoms with E-state index in [1.807, 2.05) is 0 Å². The van der Waals surface area contributed by atoms with Gasteiger partial charge in [0.05, 0.1) is 0 Å². The fourth-order valence-corrected chi connectivity index (χ4v) is 0. The number of hydrogen-bond donors (Lipinski definition) is 0. The zero-order valence-corrected chi connectivity index (χ0v) is 3.87. The highest BCUT2D eigenvalue weighted by Gasteiger charge is 1.87. The van der Waals surface area contributed by atoms with Crippen LogP contribution in [0.3, 0.4) is 0 Å². The van der Waals surface area contributed by atoms with Crippen molar-refractivity contribution in [1.82, 2.24) is 0 Å². The van der Waals surface area contributed by atoms with Gasteiger partial charge in [0, 0.05) is 0 Å². The molecule has 0 bridgehead atoms. The molecule has 3 heteroatoms. The molecule has 5 heavy (non-hydrogen) atoms. The van der Waals surface area contributed by atoms with Crippen molar-refractivity contribution in [2.24, 2.45) is 0 Å². The number of nitrogens with zero attached hydrogens (tertiary/aromatic N) is 1. The molecule has 0 aliphatic heterocycles. The summed E-state index contributed by atoms with van der Waals surface area (Å²) in [4.78, 5) is 0. The minimum absolute atomic E-state index is 1.28. The lowest BCUT2D eigenvalue weighted by atomic mass is 10.9. The quantitative estimate of drug-likeness (QED) is 0.461. The SMILES string of the molecule is N#C[C@@H](F)Br. The van der Waals surface area contributed by atoms with Crippen LogP contribution in [0.1, 0.15) is 0 Å². The van der Waals surface area contributed by atoms with Crippen molar-refractivity contribution in [1.29, 1.82) is 5.26 Å². The van der Waals surface area contributed by atoms with Crippen LogP contribution in [0, 0.1) is 11.3 Å². The molecule has 0 rings (SSSR count). The molecule has 0 fully saturated rings. The highest BCUT2D eigenvalue weighted by atomic mass is 79.9. The maximum Gasteiger partial charge on any atom is 0.240 e. The van der Waals surface area contributed by atoms with Gasteiger partial charge in [0.1, 0.15) is 6.07 Å². The van der Waals surface area contributed by atoms with Gasteiger partial charge in [-0.15, -0.1) is 0 Å². The Bertz CT molecular complexity index is 55.2. The predicted octanol–water partition coefficient (Wildman–Crippen LogP) is 1.20. The van der Waals surface area contributed by atoms with Gasteiger partial charge in [0.15, 0.2) is 0 Å². The molecule has 1 nitrogen and oxygen atoms in total. The van der Waals surface area contributed by atoms with Crippen LogP contribution in [0.4, 0.5) is 4.39 Å². The number of nitriles is 1. The summed E-state index contributed by atoms with van der Waals surface area (Å²) in [6.07, 6.45) is 0.